The maximum Gasteiger partial charge on any atom is 0.389 e. The maximum atomic E-state index is 12.5. The van der Waals surface area contributed by atoms with E-state index in [4.69, 9.17) is 0 Å². The van der Waals surface area contributed by atoms with Crippen molar-refractivity contribution in [3.63, 3.8) is 0 Å². The monoisotopic (exact) mass is 266 g/mol. The average Bonchev–Trinajstić information content (AvgIpc) is 2.25. The van der Waals surface area contributed by atoms with Crippen molar-refractivity contribution in [2.24, 2.45) is 0 Å². The van der Waals surface area contributed by atoms with Crippen molar-refractivity contribution in [3.8, 4) is 0 Å². The lowest BCUT2D eigenvalue weighted by molar-refractivity contribution is -0.142. The molecule has 0 N–H and O–H groups in total. The molecule has 0 atom stereocenters. The van der Waals surface area contributed by atoms with Crippen LogP contribution in [0.15, 0.2) is 29.2 Å². The highest BCUT2D eigenvalue weighted by Crippen LogP contribution is 2.23. The quantitative estimate of drug-likeness (QED) is 0.595. The van der Waals surface area contributed by atoms with E-state index in [1.165, 1.54) is 24.3 Å². The molecule has 0 spiro atoms. The molecule has 0 saturated heterocycles. The number of ketones is 1. The summed E-state index contributed by atoms with van der Waals surface area (Å²) in [7, 11) is 0. The molecule has 1 nitrogen and oxygen atoms in total. The Balaban J connectivity index is 2.31. The van der Waals surface area contributed by atoms with Gasteiger partial charge in [0.2, 0.25) is 0 Å². The van der Waals surface area contributed by atoms with Crippen molar-refractivity contribution < 1.29 is 22.4 Å². The van der Waals surface area contributed by atoms with E-state index in [1.54, 1.807) is 0 Å². The summed E-state index contributed by atoms with van der Waals surface area (Å²) in [5.74, 6) is -0.878. The molecule has 0 fully saturated rings. The summed E-state index contributed by atoms with van der Waals surface area (Å²) in [6.45, 7) is 0. The number of alkyl halides is 3. The van der Waals surface area contributed by atoms with Gasteiger partial charge < -0.3 is 0 Å². The van der Waals surface area contributed by atoms with Crippen molar-refractivity contribution >= 4 is 17.5 Å². The molecule has 0 heterocycles. The van der Waals surface area contributed by atoms with Crippen molar-refractivity contribution in [1.82, 2.24) is 0 Å². The molecule has 0 saturated carbocycles. The summed E-state index contributed by atoms with van der Waals surface area (Å²) in [5.41, 5.74) is 0. The number of benzene rings is 1. The van der Waals surface area contributed by atoms with Gasteiger partial charge >= 0.3 is 6.18 Å². The Labute approximate surface area is 100 Å². The summed E-state index contributed by atoms with van der Waals surface area (Å²) in [4.78, 5) is 11.8. The highest BCUT2D eigenvalue weighted by Gasteiger charge is 2.27. The van der Waals surface area contributed by atoms with Crippen molar-refractivity contribution in [1.29, 1.82) is 0 Å². The van der Waals surface area contributed by atoms with Gasteiger partial charge in [0, 0.05) is 11.3 Å². The van der Waals surface area contributed by atoms with Gasteiger partial charge in [0.05, 0.1) is 12.2 Å². The Kier molecular flexibility index (Phi) is 4.99. The summed E-state index contributed by atoms with van der Waals surface area (Å²) in [6.07, 6.45) is -5.89. The molecule has 0 unspecified atom stereocenters. The highest BCUT2D eigenvalue weighted by molar-refractivity contribution is 8.00. The summed E-state index contributed by atoms with van der Waals surface area (Å²) < 4.78 is 48.0. The second-order valence-electron chi connectivity index (χ2n) is 3.40. The molecule has 0 aromatic heterocycles. The molecule has 0 aliphatic rings. The zero-order valence-corrected chi connectivity index (χ0v) is 9.58. The maximum absolute atomic E-state index is 12.5. The number of thioether (sulfide) groups is 1. The van der Waals surface area contributed by atoms with Gasteiger partial charge in [-0.3, -0.25) is 4.79 Å². The number of carbonyl (C=O) groups excluding carboxylic acids is 1. The zero-order valence-electron chi connectivity index (χ0n) is 8.76. The van der Waals surface area contributed by atoms with E-state index in [2.05, 4.69) is 0 Å². The fourth-order valence-corrected chi connectivity index (χ4v) is 1.85. The fourth-order valence-electron chi connectivity index (χ4n) is 1.05. The van der Waals surface area contributed by atoms with E-state index in [0.717, 1.165) is 11.8 Å². The second-order valence-corrected chi connectivity index (χ2v) is 4.45. The molecule has 0 aliphatic carbocycles. The van der Waals surface area contributed by atoms with Crippen molar-refractivity contribution in [3.05, 3.63) is 30.1 Å². The highest BCUT2D eigenvalue weighted by atomic mass is 32.2. The predicted molar refractivity (Wildman–Crippen MR) is 57.4 cm³/mol. The van der Waals surface area contributed by atoms with Crippen LogP contribution in [0.1, 0.15) is 12.8 Å². The van der Waals surface area contributed by atoms with E-state index in [-0.39, 0.29) is 5.75 Å². The minimum absolute atomic E-state index is 0.0261. The molecule has 94 valence electrons. The van der Waals surface area contributed by atoms with E-state index < -0.39 is 30.6 Å². The van der Waals surface area contributed by atoms with Crippen molar-refractivity contribution in [2.75, 3.05) is 5.75 Å². The number of carbonyl (C=O) groups is 1. The largest absolute Gasteiger partial charge is 0.389 e. The summed E-state index contributed by atoms with van der Waals surface area (Å²) in [6, 6.07) is 5.44. The zero-order chi connectivity index (χ0) is 12.9. The topological polar surface area (TPSA) is 17.1 Å². The molecule has 1 aromatic carbocycles. The Morgan fingerprint density at radius 3 is 2.29 bits per heavy atom. The third-order valence-electron chi connectivity index (χ3n) is 1.90. The fraction of sp³-hybridized carbons (Fsp3) is 0.364. The van der Waals surface area contributed by atoms with Gasteiger partial charge in [0.25, 0.3) is 0 Å². The second kappa shape index (κ2) is 6.05. The first-order valence-electron chi connectivity index (χ1n) is 4.83. The summed E-state index contributed by atoms with van der Waals surface area (Å²) >= 11 is 1.10. The molecule has 0 radical (unpaired) electrons. The number of Topliss-reactive ketones (excluding diaryl/α,β-unsaturated/α-hetero) is 1. The van der Waals surface area contributed by atoms with Gasteiger partial charge in [-0.1, -0.05) is 0 Å². The lowest BCUT2D eigenvalue weighted by Crippen LogP contribution is -2.11. The van der Waals surface area contributed by atoms with Crippen LogP contribution in [0.4, 0.5) is 17.6 Å². The lowest BCUT2D eigenvalue weighted by atomic mass is 10.2. The van der Waals surface area contributed by atoms with E-state index in [1.807, 2.05) is 0 Å². The smallest absolute Gasteiger partial charge is 0.299 e. The molecule has 1 aromatic rings. The Bertz CT molecular complexity index is 372. The van der Waals surface area contributed by atoms with Crippen LogP contribution in [0.2, 0.25) is 0 Å². The third-order valence-corrected chi connectivity index (χ3v) is 2.97. The van der Waals surface area contributed by atoms with Crippen LogP contribution in [-0.4, -0.2) is 17.7 Å². The lowest BCUT2D eigenvalue weighted by Gasteiger charge is -2.05. The van der Waals surface area contributed by atoms with Gasteiger partial charge in [-0.15, -0.1) is 11.8 Å². The number of hydrogen-bond donors (Lipinski definition) is 0. The normalized spacial score (nSPS) is 11.5. The first-order valence-corrected chi connectivity index (χ1v) is 5.82. The van der Waals surface area contributed by atoms with Gasteiger partial charge in [0.1, 0.15) is 11.6 Å². The van der Waals surface area contributed by atoms with Gasteiger partial charge in [-0.25, -0.2) is 4.39 Å². The minimum Gasteiger partial charge on any atom is -0.299 e. The molecule has 0 bridgehead atoms. The van der Waals surface area contributed by atoms with Crippen LogP contribution in [0.25, 0.3) is 0 Å². The Morgan fingerprint density at radius 1 is 1.18 bits per heavy atom. The number of rotatable bonds is 5. The predicted octanol–water partition coefficient (Wildman–Crippen LogP) is 3.83. The molecule has 0 aliphatic heterocycles. The Hall–Kier alpha value is -1.04. The van der Waals surface area contributed by atoms with Gasteiger partial charge in [-0.05, 0) is 24.3 Å². The number of halogens is 4. The van der Waals surface area contributed by atoms with Crippen LogP contribution in [0.3, 0.4) is 0 Å². The molecule has 6 heteroatoms. The van der Waals surface area contributed by atoms with Crippen LogP contribution >= 0.6 is 11.8 Å². The molecule has 0 amide bonds. The van der Waals surface area contributed by atoms with Crippen LogP contribution < -0.4 is 0 Å². The molecular weight excluding hydrogens is 256 g/mol. The standard InChI is InChI=1S/C11H10F4OS/c12-8-1-3-10(4-2-8)17-7-9(16)5-6-11(13,14)15/h1-4H,5-7H2. The molecule has 1 rings (SSSR count). The molecule has 17 heavy (non-hydrogen) atoms. The van der Waals surface area contributed by atoms with E-state index in [9.17, 15) is 22.4 Å². The molecular formula is C11H10F4OS. The SMILES string of the molecule is O=C(CCC(F)(F)F)CSc1ccc(F)cc1. The van der Waals surface area contributed by atoms with E-state index in [0.29, 0.717) is 4.90 Å². The van der Waals surface area contributed by atoms with Crippen LogP contribution in [0, 0.1) is 5.82 Å². The summed E-state index contributed by atoms with van der Waals surface area (Å²) in [5, 5.41) is 0. The first-order chi connectivity index (χ1) is 7.87. The van der Waals surface area contributed by atoms with E-state index >= 15 is 0 Å². The average molecular weight is 266 g/mol. The van der Waals surface area contributed by atoms with Crippen LogP contribution in [0.5, 0.6) is 0 Å². The van der Waals surface area contributed by atoms with Gasteiger partial charge in [-0.2, -0.15) is 13.2 Å². The number of hydrogen-bond acceptors (Lipinski definition) is 2. The van der Waals surface area contributed by atoms with Crippen molar-refractivity contribution in [2.45, 2.75) is 23.9 Å². The van der Waals surface area contributed by atoms with Crippen LogP contribution in [-0.2, 0) is 4.79 Å². The van der Waals surface area contributed by atoms with Gasteiger partial charge in [0.15, 0.2) is 0 Å². The third kappa shape index (κ3) is 6.31. The first kappa shape index (κ1) is 14.0. The minimum atomic E-state index is -4.30. The Morgan fingerprint density at radius 2 is 1.76 bits per heavy atom.